The van der Waals surface area contributed by atoms with Crippen molar-refractivity contribution in [1.82, 2.24) is 4.90 Å². The van der Waals surface area contributed by atoms with E-state index in [9.17, 15) is 0 Å². The van der Waals surface area contributed by atoms with Crippen LogP contribution in [0.2, 0.25) is 0 Å². The number of likely N-dealkylation sites (tertiary alicyclic amines) is 1. The molecule has 3 heteroatoms. The van der Waals surface area contributed by atoms with Gasteiger partial charge in [0.05, 0.1) is 0 Å². The summed E-state index contributed by atoms with van der Waals surface area (Å²) >= 11 is 0. The van der Waals surface area contributed by atoms with Gasteiger partial charge in [-0.25, -0.2) is 0 Å². The van der Waals surface area contributed by atoms with Crippen LogP contribution in [0, 0.1) is 5.92 Å². The van der Waals surface area contributed by atoms with Crippen molar-refractivity contribution in [3.05, 3.63) is 0 Å². The summed E-state index contributed by atoms with van der Waals surface area (Å²) in [6.45, 7) is 4.62. The molecule has 0 radical (unpaired) electrons. The van der Waals surface area contributed by atoms with E-state index in [1.165, 1.54) is 12.8 Å². The second-order valence-electron chi connectivity index (χ2n) is 3.85. The zero-order valence-electron chi connectivity index (χ0n) is 8.70. The fourth-order valence-corrected chi connectivity index (χ4v) is 1.99. The summed E-state index contributed by atoms with van der Waals surface area (Å²) < 4.78 is 5.28. The predicted octanol–water partition coefficient (Wildman–Crippen LogP) is 1.07. The summed E-state index contributed by atoms with van der Waals surface area (Å²) in [5.41, 5.74) is 0. The molecule has 13 heavy (non-hydrogen) atoms. The van der Waals surface area contributed by atoms with E-state index in [0.717, 1.165) is 19.5 Å². The van der Waals surface area contributed by atoms with Gasteiger partial charge in [-0.3, -0.25) is 4.90 Å². The molecule has 0 aliphatic carbocycles. The van der Waals surface area contributed by atoms with E-state index >= 15 is 0 Å². The third-order valence-electron chi connectivity index (χ3n) is 2.94. The van der Waals surface area contributed by atoms with E-state index in [1.54, 1.807) is 7.11 Å². The topological polar surface area (TPSA) is 32.7 Å². The first-order chi connectivity index (χ1) is 6.27. The average Bonchev–Trinajstić information content (AvgIpc) is 2.18. The van der Waals surface area contributed by atoms with Gasteiger partial charge in [0, 0.05) is 26.8 Å². The molecule has 0 amide bonds. The number of hydrogen-bond donors (Lipinski definition) is 1. The van der Waals surface area contributed by atoms with E-state index in [2.05, 4.69) is 11.8 Å². The normalized spacial score (nSPS) is 27.5. The quantitative estimate of drug-likeness (QED) is 0.714. The molecule has 0 aromatic heterocycles. The molecule has 3 nitrogen and oxygen atoms in total. The van der Waals surface area contributed by atoms with E-state index in [1.807, 2.05) is 0 Å². The Morgan fingerprint density at radius 2 is 2.38 bits per heavy atom. The molecule has 2 atom stereocenters. The monoisotopic (exact) mass is 187 g/mol. The number of nitrogens with zero attached hydrogens (tertiary/aromatic N) is 1. The van der Waals surface area contributed by atoms with Crippen LogP contribution in [0.3, 0.4) is 0 Å². The van der Waals surface area contributed by atoms with Crippen LogP contribution in [0.15, 0.2) is 0 Å². The molecule has 1 rings (SSSR count). The molecular weight excluding hydrogens is 166 g/mol. The molecule has 1 aliphatic heterocycles. The molecule has 1 fully saturated rings. The molecule has 1 saturated heterocycles. The summed E-state index contributed by atoms with van der Waals surface area (Å²) in [6, 6.07) is 0. The van der Waals surface area contributed by atoms with Gasteiger partial charge in [0.15, 0.2) is 0 Å². The maximum atomic E-state index is 8.85. The van der Waals surface area contributed by atoms with E-state index < -0.39 is 0 Å². The van der Waals surface area contributed by atoms with E-state index in [4.69, 9.17) is 9.84 Å². The Balaban J connectivity index is 2.32. The van der Waals surface area contributed by atoms with Gasteiger partial charge in [-0.05, 0) is 32.1 Å². The lowest BCUT2D eigenvalue weighted by Gasteiger charge is -2.35. The lowest BCUT2D eigenvalue weighted by Crippen LogP contribution is -2.42. The Labute approximate surface area is 80.7 Å². The van der Waals surface area contributed by atoms with Gasteiger partial charge in [-0.15, -0.1) is 0 Å². The number of piperidine rings is 1. The van der Waals surface area contributed by atoms with Crippen molar-refractivity contribution in [2.24, 2.45) is 5.92 Å². The van der Waals surface area contributed by atoms with Crippen LogP contribution < -0.4 is 0 Å². The van der Waals surface area contributed by atoms with Crippen LogP contribution in [0.4, 0.5) is 0 Å². The molecule has 78 valence electrons. The van der Waals surface area contributed by atoms with Crippen molar-refractivity contribution < 1.29 is 9.84 Å². The highest BCUT2D eigenvalue weighted by atomic mass is 16.5. The highest BCUT2D eigenvalue weighted by Crippen LogP contribution is 2.20. The molecule has 2 unspecified atom stereocenters. The van der Waals surface area contributed by atoms with E-state index in [-0.39, 0.29) is 6.23 Å². The molecule has 0 aromatic carbocycles. The molecule has 0 saturated carbocycles. The standard InChI is InChI=1S/C10H21NO2/c1-9(13-2)11-6-3-4-10(8-11)5-7-12/h9-10,12H,3-8H2,1-2H3. The van der Waals surface area contributed by atoms with Crippen molar-refractivity contribution >= 4 is 0 Å². The van der Waals surface area contributed by atoms with Crippen molar-refractivity contribution in [2.75, 3.05) is 26.8 Å². The summed E-state index contributed by atoms with van der Waals surface area (Å²) in [5.74, 6) is 0.663. The number of ether oxygens (including phenoxy) is 1. The second kappa shape index (κ2) is 5.58. The minimum absolute atomic E-state index is 0.224. The van der Waals surface area contributed by atoms with Gasteiger partial charge in [-0.2, -0.15) is 0 Å². The Morgan fingerprint density at radius 3 is 3.00 bits per heavy atom. The molecule has 0 bridgehead atoms. The van der Waals surface area contributed by atoms with Gasteiger partial charge in [-0.1, -0.05) is 0 Å². The molecular formula is C10H21NO2. The average molecular weight is 187 g/mol. The summed E-state index contributed by atoms with van der Waals surface area (Å²) in [7, 11) is 1.75. The number of rotatable bonds is 4. The molecule has 1 N–H and O–H groups in total. The van der Waals surface area contributed by atoms with Crippen molar-refractivity contribution in [3.63, 3.8) is 0 Å². The Bertz CT molecular complexity index is 139. The zero-order valence-corrected chi connectivity index (χ0v) is 8.70. The summed E-state index contributed by atoms with van der Waals surface area (Å²) in [4.78, 5) is 2.35. The maximum absolute atomic E-state index is 8.85. The highest BCUT2D eigenvalue weighted by Gasteiger charge is 2.22. The first-order valence-electron chi connectivity index (χ1n) is 5.15. The third kappa shape index (κ3) is 3.25. The van der Waals surface area contributed by atoms with Gasteiger partial charge in [0.25, 0.3) is 0 Å². The van der Waals surface area contributed by atoms with E-state index in [0.29, 0.717) is 12.5 Å². The highest BCUT2D eigenvalue weighted by molar-refractivity contribution is 4.73. The van der Waals surface area contributed by atoms with Crippen LogP contribution in [0.1, 0.15) is 26.2 Å². The fourth-order valence-electron chi connectivity index (χ4n) is 1.99. The lowest BCUT2D eigenvalue weighted by atomic mass is 9.95. The van der Waals surface area contributed by atoms with Gasteiger partial charge < -0.3 is 9.84 Å². The third-order valence-corrected chi connectivity index (χ3v) is 2.94. The Hall–Kier alpha value is -0.120. The number of hydrogen-bond acceptors (Lipinski definition) is 3. The SMILES string of the molecule is COC(C)N1CCCC(CCO)C1. The molecule has 1 heterocycles. The smallest absolute Gasteiger partial charge is 0.107 e. The predicted molar refractivity (Wildman–Crippen MR) is 52.5 cm³/mol. The lowest BCUT2D eigenvalue weighted by molar-refractivity contribution is -0.0413. The van der Waals surface area contributed by atoms with Crippen LogP contribution in [-0.4, -0.2) is 43.0 Å². The van der Waals surface area contributed by atoms with Crippen molar-refractivity contribution in [1.29, 1.82) is 0 Å². The van der Waals surface area contributed by atoms with Crippen LogP contribution in [0.25, 0.3) is 0 Å². The van der Waals surface area contributed by atoms with Crippen LogP contribution in [0.5, 0.6) is 0 Å². The zero-order chi connectivity index (χ0) is 9.68. The molecule has 0 aromatic rings. The number of aliphatic hydroxyl groups is 1. The van der Waals surface area contributed by atoms with Crippen molar-refractivity contribution in [2.45, 2.75) is 32.4 Å². The first-order valence-corrected chi connectivity index (χ1v) is 5.15. The maximum Gasteiger partial charge on any atom is 0.107 e. The van der Waals surface area contributed by atoms with Crippen LogP contribution >= 0.6 is 0 Å². The Kier molecular flexibility index (Phi) is 4.70. The first kappa shape index (κ1) is 11.0. The Morgan fingerprint density at radius 1 is 1.62 bits per heavy atom. The molecule has 0 spiro atoms. The molecule has 1 aliphatic rings. The number of methoxy groups -OCH3 is 1. The van der Waals surface area contributed by atoms with Gasteiger partial charge in [0.1, 0.15) is 6.23 Å². The summed E-state index contributed by atoms with van der Waals surface area (Å²) in [5, 5.41) is 8.85. The second-order valence-corrected chi connectivity index (χ2v) is 3.85. The fraction of sp³-hybridized carbons (Fsp3) is 1.00. The van der Waals surface area contributed by atoms with Gasteiger partial charge in [0.2, 0.25) is 0 Å². The largest absolute Gasteiger partial charge is 0.396 e. The van der Waals surface area contributed by atoms with Crippen molar-refractivity contribution in [3.8, 4) is 0 Å². The van der Waals surface area contributed by atoms with Gasteiger partial charge >= 0.3 is 0 Å². The minimum atomic E-state index is 0.224. The minimum Gasteiger partial charge on any atom is -0.396 e. The summed E-state index contributed by atoms with van der Waals surface area (Å²) in [6.07, 6.45) is 3.65. The number of aliphatic hydroxyl groups excluding tert-OH is 1. The van der Waals surface area contributed by atoms with Crippen LogP contribution in [-0.2, 0) is 4.74 Å².